The molecule has 5 heteroatoms. The predicted molar refractivity (Wildman–Crippen MR) is 76.0 cm³/mol. The van der Waals surface area contributed by atoms with Crippen molar-refractivity contribution >= 4 is 27.9 Å². The maximum atomic E-state index is 11.9. The molecule has 1 aromatic carbocycles. The van der Waals surface area contributed by atoms with Crippen molar-refractivity contribution in [1.82, 2.24) is 0 Å². The Kier molecular flexibility index (Phi) is 4.16. The molecule has 0 radical (unpaired) electrons. The Morgan fingerprint density at radius 2 is 2.21 bits per heavy atom. The molecule has 0 amide bonds. The summed E-state index contributed by atoms with van der Waals surface area (Å²) in [5, 5.41) is 9.61. The number of halogens is 1. The zero-order chi connectivity index (χ0) is 13.8. The van der Waals surface area contributed by atoms with Crippen LogP contribution in [0.15, 0.2) is 44.2 Å². The first-order chi connectivity index (χ1) is 9.06. The van der Waals surface area contributed by atoms with E-state index in [1.54, 1.807) is 18.2 Å². The number of phenols is 1. The van der Waals surface area contributed by atoms with Gasteiger partial charge in [0.25, 0.3) is 0 Å². The van der Waals surface area contributed by atoms with Crippen molar-refractivity contribution in [2.24, 2.45) is 4.99 Å². The molecule has 0 bridgehead atoms. The van der Waals surface area contributed by atoms with E-state index in [2.05, 4.69) is 20.9 Å². The highest BCUT2D eigenvalue weighted by atomic mass is 79.9. The first-order valence-electron chi connectivity index (χ1n) is 5.64. The van der Waals surface area contributed by atoms with Gasteiger partial charge in [0.2, 0.25) is 0 Å². The molecule has 98 valence electrons. The smallest absolute Gasteiger partial charge is 0.187 e. The van der Waals surface area contributed by atoms with Crippen LogP contribution in [0.5, 0.6) is 5.75 Å². The van der Waals surface area contributed by atoms with Crippen LogP contribution in [-0.2, 0) is 0 Å². The van der Waals surface area contributed by atoms with Crippen LogP contribution in [0.3, 0.4) is 0 Å². The molecule has 0 atom stereocenters. The van der Waals surface area contributed by atoms with Crippen molar-refractivity contribution < 1.29 is 14.3 Å². The molecule has 0 spiro atoms. The molecule has 0 aliphatic heterocycles. The van der Waals surface area contributed by atoms with E-state index in [-0.39, 0.29) is 23.6 Å². The second kappa shape index (κ2) is 5.84. The molecule has 1 aromatic heterocycles. The lowest BCUT2D eigenvalue weighted by molar-refractivity contribution is 0.0999. The molecule has 2 rings (SSSR count). The fourth-order valence-electron chi connectivity index (χ4n) is 1.56. The fourth-order valence-corrected chi connectivity index (χ4v) is 1.92. The number of furan rings is 1. The van der Waals surface area contributed by atoms with E-state index < -0.39 is 0 Å². The number of phenolic OH excluding ortho intramolecular Hbond substituents is 1. The lowest BCUT2D eigenvalue weighted by atomic mass is 10.1. The van der Waals surface area contributed by atoms with Gasteiger partial charge in [-0.3, -0.25) is 9.79 Å². The predicted octanol–water partition coefficient (Wildman–Crippen LogP) is 3.36. The van der Waals surface area contributed by atoms with Crippen molar-refractivity contribution in [3.63, 3.8) is 0 Å². The largest absolute Gasteiger partial charge is 0.507 e. The van der Waals surface area contributed by atoms with E-state index in [0.717, 1.165) is 10.2 Å². The van der Waals surface area contributed by atoms with E-state index in [0.29, 0.717) is 5.76 Å². The molecule has 19 heavy (non-hydrogen) atoms. The first-order valence-corrected chi connectivity index (χ1v) is 6.43. The topological polar surface area (TPSA) is 62.8 Å². The van der Waals surface area contributed by atoms with Crippen LogP contribution in [0.2, 0.25) is 0 Å². The molecule has 0 saturated heterocycles. The number of hydrogen-bond donors (Lipinski definition) is 1. The van der Waals surface area contributed by atoms with Gasteiger partial charge in [0.15, 0.2) is 5.78 Å². The van der Waals surface area contributed by atoms with Crippen LogP contribution in [0, 0.1) is 6.92 Å². The quantitative estimate of drug-likeness (QED) is 0.693. The molecule has 0 unspecified atom stereocenters. The van der Waals surface area contributed by atoms with Crippen LogP contribution in [0.4, 0.5) is 0 Å². The minimum atomic E-state index is -0.252. The van der Waals surface area contributed by atoms with Gasteiger partial charge in [0.1, 0.15) is 23.8 Å². The second-order valence-electron chi connectivity index (χ2n) is 4.00. The zero-order valence-electron chi connectivity index (χ0n) is 10.3. The molecule has 0 aliphatic carbocycles. The van der Waals surface area contributed by atoms with Gasteiger partial charge < -0.3 is 9.52 Å². The van der Waals surface area contributed by atoms with E-state index >= 15 is 0 Å². The molecule has 1 heterocycles. The number of rotatable bonds is 4. The van der Waals surface area contributed by atoms with Gasteiger partial charge >= 0.3 is 0 Å². The highest BCUT2D eigenvalue weighted by Crippen LogP contribution is 2.22. The Morgan fingerprint density at radius 3 is 2.89 bits per heavy atom. The number of carbonyl (C=O) groups is 1. The standard InChI is InChI=1S/C14H12BrNO3/c1-9-2-4-11(19-9)7-16-8-14(18)12-6-10(15)3-5-13(12)17/h2-7,17H,8H2,1H3. The Labute approximate surface area is 118 Å². The third-order valence-corrected chi connectivity index (χ3v) is 2.97. The molecule has 1 N–H and O–H groups in total. The summed E-state index contributed by atoms with van der Waals surface area (Å²) < 4.78 is 6.03. The lowest BCUT2D eigenvalue weighted by Crippen LogP contribution is -2.04. The molecular weight excluding hydrogens is 310 g/mol. The number of hydrogen-bond acceptors (Lipinski definition) is 4. The average molecular weight is 322 g/mol. The number of carbonyl (C=O) groups excluding carboxylic acids is 1. The van der Waals surface area contributed by atoms with Crippen LogP contribution in [0.25, 0.3) is 0 Å². The summed E-state index contributed by atoms with van der Waals surface area (Å²) in [6, 6.07) is 8.31. The van der Waals surface area contributed by atoms with Crippen LogP contribution < -0.4 is 0 Å². The fraction of sp³-hybridized carbons (Fsp3) is 0.143. The minimum absolute atomic E-state index is 0.0379. The monoisotopic (exact) mass is 321 g/mol. The number of nitrogens with zero attached hydrogens (tertiary/aromatic N) is 1. The Hall–Kier alpha value is -1.88. The minimum Gasteiger partial charge on any atom is -0.507 e. The Balaban J connectivity index is 2.05. The van der Waals surface area contributed by atoms with Gasteiger partial charge in [-0.2, -0.15) is 0 Å². The van der Waals surface area contributed by atoms with Crippen molar-refractivity contribution in [3.05, 3.63) is 51.9 Å². The van der Waals surface area contributed by atoms with Gasteiger partial charge in [-0.05, 0) is 37.3 Å². The zero-order valence-corrected chi connectivity index (χ0v) is 11.8. The number of aromatic hydroxyl groups is 1. The number of Topliss-reactive ketones (excluding diaryl/α,β-unsaturated/α-hetero) is 1. The van der Waals surface area contributed by atoms with Crippen molar-refractivity contribution in [1.29, 1.82) is 0 Å². The van der Waals surface area contributed by atoms with E-state index in [1.807, 2.05) is 13.0 Å². The van der Waals surface area contributed by atoms with Gasteiger partial charge in [0, 0.05) is 4.47 Å². The summed E-state index contributed by atoms with van der Waals surface area (Å²) in [5.41, 5.74) is 0.252. The third kappa shape index (κ3) is 3.54. The maximum absolute atomic E-state index is 11.9. The van der Waals surface area contributed by atoms with E-state index in [1.165, 1.54) is 12.3 Å². The van der Waals surface area contributed by atoms with Gasteiger partial charge in [-0.1, -0.05) is 15.9 Å². The number of aliphatic imine (C=N–C) groups is 1. The number of aryl methyl sites for hydroxylation is 1. The van der Waals surface area contributed by atoms with Crippen LogP contribution in [0.1, 0.15) is 21.9 Å². The summed E-state index contributed by atoms with van der Waals surface area (Å²) >= 11 is 3.26. The highest BCUT2D eigenvalue weighted by molar-refractivity contribution is 9.10. The maximum Gasteiger partial charge on any atom is 0.187 e. The van der Waals surface area contributed by atoms with E-state index in [4.69, 9.17) is 4.42 Å². The molecular formula is C14H12BrNO3. The molecule has 0 fully saturated rings. The van der Waals surface area contributed by atoms with Gasteiger partial charge in [-0.25, -0.2) is 0 Å². The van der Waals surface area contributed by atoms with E-state index in [9.17, 15) is 9.90 Å². The summed E-state index contributed by atoms with van der Waals surface area (Å²) in [7, 11) is 0. The van der Waals surface area contributed by atoms with Crippen LogP contribution >= 0.6 is 15.9 Å². The summed E-state index contributed by atoms with van der Waals surface area (Å²) in [5.74, 6) is 1.09. The Morgan fingerprint density at radius 1 is 1.42 bits per heavy atom. The molecule has 0 saturated carbocycles. The third-order valence-electron chi connectivity index (χ3n) is 2.47. The average Bonchev–Trinajstić information content (AvgIpc) is 2.78. The summed E-state index contributed by atoms with van der Waals surface area (Å²) in [4.78, 5) is 15.9. The Bertz CT molecular complexity index is 631. The van der Waals surface area contributed by atoms with Crippen LogP contribution in [-0.4, -0.2) is 23.6 Å². The molecule has 4 nitrogen and oxygen atoms in total. The first kappa shape index (κ1) is 13.5. The summed E-state index contributed by atoms with van der Waals surface area (Å²) in [6.07, 6.45) is 1.50. The molecule has 2 aromatic rings. The number of ketones is 1. The summed E-state index contributed by atoms with van der Waals surface area (Å²) in [6.45, 7) is 1.80. The van der Waals surface area contributed by atoms with Crippen molar-refractivity contribution in [2.45, 2.75) is 6.92 Å². The second-order valence-corrected chi connectivity index (χ2v) is 4.92. The highest BCUT2D eigenvalue weighted by Gasteiger charge is 2.10. The lowest BCUT2D eigenvalue weighted by Gasteiger charge is -2.02. The van der Waals surface area contributed by atoms with Gasteiger partial charge in [-0.15, -0.1) is 0 Å². The molecule has 0 aliphatic rings. The SMILES string of the molecule is Cc1ccc(C=NCC(=O)c2cc(Br)ccc2O)o1. The van der Waals surface area contributed by atoms with Crippen molar-refractivity contribution in [3.8, 4) is 5.75 Å². The normalized spacial score (nSPS) is 11.1. The number of benzene rings is 1. The van der Waals surface area contributed by atoms with Crippen molar-refractivity contribution in [2.75, 3.05) is 6.54 Å². The van der Waals surface area contributed by atoms with Gasteiger partial charge in [0.05, 0.1) is 11.8 Å².